The zero-order valence-corrected chi connectivity index (χ0v) is 17.6. The van der Waals surface area contributed by atoms with Crippen LogP contribution in [-0.2, 0) is 6.42 Å². The molecule has 0 aliphatic carbocycles. The van der Waals surface area contributed by atoms with Gasteiger partial charge in [0.05, 0.1) is 31.5 Å². The van der Waals surface area contributed by atoms with Gasteiger partial charge in [0.15, 0.2) is 11.5 Å². The molecule has 0 spiro atoms. The van der Waals surface area contributed by atoms with Gasteiger partial charge in [-0.2, -0.15) is 5.10 Å². The molecule has 8 nitrogen and oxygen atoms in total. The number of aromatic hydroxyl groups is 1. The molecule has 4 aromatic rings. The van der Waals surface area contributed by atoms with E-state index < -0.39 is 0 Å². The number of hydrogen-bond acceptors (Lipinski definition) is 6. The number of nitrogens with one attached hydrogen (secondary N) is 2. The fourth-order valence-corrected chi connectivity index (χ4v) is 3.24. The van der Waals surface area contributed by atoms with E-state index in [2.05, 4.69) is 20.5 Å². The first kappa shape index (κ1) is 20.9. The fraction of sp³-hybridized carbons (Fsp3) is 0.125. The van der Waals surface area contributed by atoms with Crippen LogP contribution in [0.2, 0.25) is 0 Å². The molecule has 4 rings (SSSR count). The number of amides is 1. The molecule has 1 heterocycles. The fourth-order valence-electron chi connectivity index (χ4n) is 3.24. The number of phenols is 1. The maximum Gasteiger partial charge on any atom is 0.271 e. The third-order valence-corrected chi connectivity index (χ3v) is 4.91. The van der Waals surface area contributed by atoms with Crippen molar-refractivity contribution in [2.24, 2.45) is 5.10 Å². The Morgan fingerprint density at radius 2 is 1.91 bits per heavy atom. The van der Waals surface area contributed by atoms with Crippen molar-refractivity contribution in [3.8, 4) is 17.2 Å². The van der Waals surface area contributed by atoms with Gasteiger partial charge < -0.3 is 19.6 Å². The Morgan fingerprint density at radius 1 is 1.09 bits per heavy atom. The molecule has 0 atom stereocenters. The Balaban J connectivity index is 1.43. The predicted molar refractivity (Wildman–Crippen MR) is 122 cm³/mol. The first-order valence-electron chi connectivity index (χ1n) is 9.87. The summed E-state index contributed by atoms with van der Waals surface area (Å²) < 4.78 is 10.2. The number of phenolic OH excluding ortho intramolecular Hbond substituents is 1. The summed E-state index contributed by atoms with van der Waals surface area (Å²) >= 11 is 0. The van der Waals surface area contributed by atoms with E-state index in [1.54, 1.807) is 37.4 Å². The molecule has 0 saturated heterocycles. The molecular formula is C24H22N4O4. The topological polar surface area (TPSA) is 109 Å². The maximum atomic E-state index is 12.5. The SMILES string of the molecule is COc1ccc(Cc2nc3ccc(C(=O)N/N=C\c4ccc(OC)c(O)c4)cc3[nH]2)cc1. The van der Waals surface area contributed by atoms with Gasteiger partial charge in [-0.05, 0) is 59.7 Å². The minimum atomic E-state index is -0.354. The Kier molecular flexibility index (Phi) is 6.03. The highest BCUT2D eigenvalue weighted by Crippen LogP contribution is 2.25. The lowest BCUT2D eigenvalue weighted by Gasteiger charge is -2.03. The second kappa shape index (κ2) is 9.22. The largest absolute Gasteiger partial charge is 0.504 e. The van der Waals surface area contributed by atoms with E-state index in [1.165, 1.54) is 19.4 Å². The number of rotatable bonds is 7. The number of aromatic nitrogens is 2. The van der Waals surface area contributed by atoms with Crippen molar-refractivity contribution in [2.45, 2.75) is 6.42 Å². The average Bonchev–Trinajstić information content (AvgIpc) is 3.21. The lowest BCUT2D eigenvalue weighted by molar-refractivity contribution is 0.0955. The first-order chi connectivity index (χ1) is 15.6. The Labute approximate surface area is 184 Å². The number of hydrogen-bond donors (Lipinski definition) is 3. The minimum absolute atomic E-state index is 0.00193. The maximum absolute atomic E-state index is 12.5. The number of H-pyrrole nitrogens is 1. The zero-order chi connectivity index (χ0) is 22.5. The lowest BCUT2D eigenvalue weighted by Crippen LogP contribution is -2.17. The standard InChI is InChI=1S/C24H22N4O4/c1-31-18-7-3-15(4-8-18)12-23-26-19-9-6-17(13-20(19)27-23)24(30)28-25-14-16-5-10-22(32-2)21(29)11-16/h3-11,13-14,29H,12H2,1-2H3,(H,26,27)(H,28,30)/b25-14-. The van der Waals surface area contributed by atoms with Crippen LogP contribution in [0.5, 0.6) is 17.2 Å². The lowest BCUT2D eigenvalue weighted by atomic mass is 10.1. The van der Waals surface area contributed by atoms with Gasteiger partial charge in [-0.3, -0.25) is 4.79 Å². The van der Waals surface area contributed by atoms with Gasteiger partial charge in [0, 0.05) is 12.0 Å². The molecule has 0 unspecified atom stereocenters. The number of carbonyl (C=O) groups excluding carboxylic acids is 1. The summed E-state index contributed by atoms with van der Waals surface area (Å²) in [5, 5.41) is 13.8. The second-order valence-corrected chi connectivity index (χ2v) is 7.07. The van der Waals surface area contributed by atoms with Crippen molar-refractivity contribution in [3.63, 3.8) is 0 Å². The van der Waals surface area contributed by atoms with Gasteiger partial charge in [0.1, 0.15) is 11.6 Å². The van der Waals surface area contributed by atoms with E-state index in [0.29, 0.717) is 23.3 Å². The van der Waals surface area contributed by atoms with Crippen molar-refractivity contribution >= 4 is 23.2 Å². The van der Waals surface area contributed by atoms with Crippen LogP contribution in [0.15, 0.2) is 65.8 Å². The van der Waals surface area contributed by atoms with E-state index >= 15 is 0 Å². The van der Waals surface area contributed by atoms with E-state index in [1.807, 2.05) is 24.3 Å². The van der Waals surface area contributed by atoms with Crippen molar-refractivity contribution in [1.29, 1.82) is 0 Å². The molecule has 162 valence electrons. The molecule has 8 heteroatoms. The summed E-state index contributed by atoms with van der Waals surface area (Å²) in [7, 11) is 3.11. The zero-order valence-electron chi connectivity index (χ0n) is 17.6. The molecule has 1 amide bonds. The summed E-state index contributed by atoms with van der Waals surface area (Å²) in [5.41, 5.74) is 6.21. The van der Waals surface area contributed by atoms with Crippen LogP contribution in [0, 0.1) is 0 Å². The monoisotopic (exact) mass is 430 g/mol. The van der Waals surface area contributed by atoms with Crippen LogP contribution in [0.25, 0.3) is 11.0 Å². The van der Waals surface area contributed by atoms with Crippen molar-refractivity contribution in [2.75, 3.05) is 14.2 Å². The van der Waals surface area contributed by atoms with Crippen molar-refractivity contribution < 1.29 is 19.4 Å². The summed E-state index contributed by atoms with van der Waals surface area (Å²) in [6, 6.07) is 17.9. The van der Waals surface area contributed by atoms with Crippen LogP contribution in [0.4, 0.5) is 0 Å². The molecule has 3 aromatic carbocycles. The van der Waals surface area contributed by atoms with Gasteiger partial charge in [-0.15, -0.1) is 0 Å². The summed E-state index contributed by atoms with van der Waals surface area (Å²) in [6.07, 6.45) is 2.08. The molecule has 0 radical (unpaired) electrons. The Hall–Kier alpha value is -4.33. The molecule has 0 aliphatic rings. The van der Waals surface area contributed by atoms with Crippen LogP contribution >= 0.6 is 0 Å². The van der Waals surface area contributed by atoms with E-state index in [0.717, 1.165) is 28.2 Å². The third-order valence-electron chi connectivity index (χ3n) is 4.91. The Bertz CT molecular complexity index is 1280. The van der Waals surface area contributed by atoms with Crippen molar-refractivity contribution in [3.05, 3.63) is 83.2 Å². The molecule has 0 bridgehead atoms. The average molecular weight is 430 g/mol. The van der Waals surface area contributed by atoms with E-state index in [4.69, 9.17) is 9.47 Å². The second-order valence-electron chi connectivity index (χ2n) is 7.07. The van der Waals surface area contributed by atoms with Crippen LogP contribution < -0.4 is 14.9 Å². The Morgan fingerprint density at radius 3 is 2.62 bits per heavy atom. The quantitative estimate of drug-likeness (QED) is 0.306. The predicted octanol–water partition coefficient (Wildman–Crippen LogP) is 3.64. The van der Waals surface area contributed by atoms with Gasteiger partial charge in [-0.25, -0.2) is 10.4 Å². The highest BCUT2D eigenvalue weighted by Gasteiger charge is 2.09. The number of nitrogens with zero attached hydrogens (tertiary/aromatic N) is 2. The number of methoxy groups -OCH3 is 2. The van der Waals surface area contributed by atoms with E-state index in [9.17, 15) is 9.90 Å². The molecule has 0 aliphatic heterocycles. The molecule has 3 N–H and O–H groups in total. The van der Waals surface area contributed by atoms with Gasteiger partial charge in [-0.1, -0.05) is 12.1 Å². The van der Waals surface area contributed by atoms with Gasteiger partial charge in [0.2, 0.25) is 0 Å². The smallest absolute Gasteiger partial charge is 0.271 e. The van der Waals surface area contributed by atoms with Crippen LogP contribution in [0.1, 0.15) is 27.3 Å². The van der Waals surface area contributed by atoms with Gasteiger partial charge >= 0.3 is 0 Å². The van der Waals surface area contributed by atoms with Crippen molar-refractivity contribution in [1.82, 2.24) is 15.4 Å². The molecule has 0 fully saturated rings. The molecule has 0 saturated carbocycles. The summed E-state index contributed by atoms with van der Waals surface area (Å²) in [4.78, 5) is 20.3. The van der Waals surface area contributed by atoms with E-state index in [-0.39, 0.29) is 11.7 Å². The summed E-state index contributed by atoms with van der Waals surface area (Å²) in [5.74, 6) is 1.62. The van der Waals surface area contributed by atoms with Gasteiger partial charge in [0.25, 0.3) is 5.91 Å². The number of hydrazone groups is 1. The first-order valence-corrected chi connectivity index (χ1v) is 9.87. The number of carbonyl (C=O) groups is 1. The summed E-state index contributed by atoms with van der Waals surface area (Å²) in [6.45, 7) is 0. The number of ether oxygens (including phenoxy) is 2. The van der Waals surface area contributed by atoms with Crippen LogP contribution in [0.3, 0.4) is 0 Å². The molecule has 1 aromatic heterocycles. The highest BCUT2D eigenvalue weighted by atomic mass is 16.5. The third kappa shape index (κ3) is 4.70. The number of fused-ring (bicyclic) bond motifs is 1. The normalized spacial score (nSPS) is 11.1. The number of benzene rings is 3. The molecular weight excluding hydrogens is 408 g/mol. The highest BCUT2D eigenvalue weighted by molar-refractivity contribution is 5.97. The number of imidazole rings is 1. The number of aromatic amines is 1. The molecule has 32 heavy (non-hydrogen) atoms. The van der Waals surface area contributed by atoms with Crippen LogP contribution in [-0.4, -0.2) is 41.4 Å². The minimum Gasteiger partial charge on any atom is -0.504 e.